The molecule has 2 amide bonds. The summed E-state index contributed by atoms with van der Waals surface area (Å²) in [7, 11) is 3.01. The molecule has 0 aliphatic rings. The van der Waals surface area contributed by atoms with Gasteiger partial charge in [-0.2, -0.15) is 0 Å². The first-order valence-electron chi connectivity index (χ1n) is 6.98. The molecule has 0 fully saturated rings. The minimum Gasteiger partial charge on any atom is -0.497 e. The van der Waals surface area contributed by atoms with E-state index in [-0.39, 0.29) is 18.4 Å². The quantitative estimate of drug-likeness (QED) is 0.856. The van der Waals surface area contributed by atoms with E-state index >= 15 is 0 Å². The van der Waals surface area contributed by atoms with Crippen molar-refractivity contribution < 1.29 is 19.1 Å². The maximum Gasteiger partial charge on any atom is 0.251 e. The van der Waals surface area contributed by atoms with Crippen molar-refractivity contribution in [1.29, 1.82) is 0 Å². The number of ether oxygens (including phenoxy) is 2. The largest absolute Gasteiger partial charge is 0.497 e. The van der Waals surface area contributed by atoms with Crippen molar-refractivity contribution in [1.82, 2.24) is 5.32 Å². The van der Waals surface area contributed by atoms with Gasteiger partial charge in [0, 0.05) is 17.3 Å². The number of nitrogens with one attached hydrogen (secondary N) is 2. The van der Waals surface area contributed by atoms with Crippen molar-refractivity contribution in [2.75, 3.05) is 26.1 Å². The fourth-order valence-corrected chi connectivity index (χ4v) is 1.93. The fraction of sp³-hybridized carbons (Fsp3) is 0.176. The normalized spacial score (nSPS) is 9.83. The van der Waals surface area contributed by atoms with Gasteiger partial charge in [-0.05, 0) is 24.3 Å². The molecule has 0 saturated carbocycles. The van der Waals surface area contributed by atoms with Crippen LogP contribution in [-0.4, -0.2) is 32.6 Å². The predicted molar refractivity (Wildman–Crippen MR) is 87.0 cm³/mol. The van der Waals surface area contributed by atoms with Gasteiger partial charge >= 0.3 is 0 Å². The van der Waals surface area contributed by atoms with Crippen LogP contribution in [0.5, 0.6) is 11.5 Å². The zero-order chi connectivity index (χ0) is 16.7. The number of rotatable bonds is 6. The van der Waals surface area contributed by atoms with Gasteiger partial charge < -0.3 is 20.1 Å². The van der Waals surface area contributed by atoms with Crippen LogP contribution in [0.2, 0.25) is 0 Å². The van der Waals surface area contributed by atoms with E-state index in [1.165, 1.54) is 14.2 Å². The second-order valence-corrected chi connectivity index (χ2v) is 4.70. The first kappa shape index (κ1) is 16.4. The van der Waals surface area contributed by atoms with Crippen LogP contribution in [0.1, 0.15) is 10.4 Å². The van der Waals surface area contributed by atoms with Gasteiger partial charge in [-0.3, -0.25) is 9.59 Å². The molecular weight excluding hydrogens is 296 g/mol. The smallest absolute Gasteiger partial charge is 0.251 e. The molecule has 2 aromatic carbocycles. The van der Waals surface area contributed by atoms with Gasteiger partial charge in [-0.25, -0.2) is 0 Å². The standard InChI is InChI=1S/C17H18N2O4/c1-22-14-8-12(9-15(10-14)23-2)17(21)18-11-16(20)19-13-6-4-3-5-7-13/h3-10H,11H2,1-2H3,(H,18,21)(H,19,20). The Bertz CT molecular complexity index is 664. The minimum absolute atomic E-state index is 0.132. The molecule has 0 radical (unpaired) electrons. The number of hydrogen-bond acceptors (Lipinski definition) is 4. The van der Waals surface area contributed by atoms with Crippen LogP contribution in [-0.2, 0) is 4.79 Å². The third kappa shape index (κ3) is 4.74. The van der Waals surface area contributed by atoms with Crippen molar-refractivity contribution >= 4 is 17.5 Å². The van der Waals surface area contributed by atoms with Crippen molar-refractivity contribution in [3.8, 4) is 11.5 Å². The van der Waals surface area contributed by atoms with E-state index in [4.69, 9.17) is 9.47 Å². The highest BCUT2D eigenvalue weighted by atomic mass is 16.5. The molecule has 0 spiro atoms. The predicted octanol–water partition coefficient (Wildman–Crippen LogP) is 2.07. The van der Waals surface area contributed by atoms with E-state index in [0.717, 1.165) is 0 Å². The summed E-state index contributed by atoms with van der Waals surface area (Å²) in [6.45, 7) is -0.132. The van der Waals surface area contributed by atoms with Gasteiger partial charge in [0.05, 0.1) is 20.8 Å². The molecule has 2 aromatic rings. The molecule has 0 saturated heterocycles. The molecule has 0 bridgehead atoms. The molecule has 0 aliphatic heterocycles. The molecule has 2 rings (SSSR count). The van der Waals surface area contributed by atoms with Gasteiger partial charge in [0.25, 0.3) is 5.91 Å². The number of methoxy groups -OCH3 is 2. The summed E-state index contributed by atoms with van der Waals surface area (Å²) >= 11 is 0. The van der Waals surface area contributed by atoms with E-state index in [2.05, 4.69) is 10.6 Å². The Hall–Kier alpha value is -3.02. The summed E-state index contributed by atoms with van der Waals surface area (Å²) in [5.41, 5.74) is 1.03. The Morgan fingerprint density at radius 3 is 2.13 bits per heavy atom. The number of carbonyl (C=O) groups is 2. The lowest BCUT2D eigenvalue weighted by Gasteiger charge is -2.09. The first-order chi connectivity index (χ1) is 11.1. The SMILES string of the molecule is COc1cc(OC)cc(C(=O)NCC(=O)Nc2ccccc2)c1. The molecule has 120 valence electrons. The van der Waals surface area contributed by atoms with Gasteiger partial charge in [0.2, 0.25) is 5.91 Å². The van der Waals surface area contributed by atoms with Crippen LogP contribution in [0.25, 0.3) is 0 Å². The second kappa shape index (κ2) is 7.84. The Morgan fingerprint density at radius 2 is 1.57 bits per heavy atom. The molecule has 0 aliphatic carbocycles. The second-order valence-electron chi connectivity index (χ2n) is 4.70. The van der Waals surface area contributed by atoms with Crippen molar-refractivity contribution in [3.05, 3.63) is 54.1 Å². The van der Waals surface area contributed by atoms with Gasteiger partial charge in [-0.15, -0.1) is 0 Å². The highest BCUT2D eigenvalue weighted by molar-refractivity contribution is 5.99. The molecule has 2 N–H and O–H groups in total. The average Bonchev–Trinajstić information content (AvgIpc) is 2.60. The van der Waals surface area contributed by atoms with Crippen LogP contribution in [0, 0.1) is 0 Å². The average molecular weight is 314 g/mol. The van der Waals surface area contributed by atoms with Gasteiger partial charge in [0.15, 0.2) is 0 Å². The van der Waals surface area contributed by atoms with Crippen LogP contribution in [0.4, 0.5) is 5.69 Å². The summed E-state index contributed by atoms with van der Waals surface area (Å²) in [6, 6.07) is 13.8. The fourth-order valence-electron chi connectivity index (χ4n) is 1.93. The molecule has 0 aromatic heterocycles. The number of hydrogen-bond donors (Lipinski definition) is 2. The van der Waals surface area contributed by atoms with E-state index in [1.807, 2.05) is 18.2 Å². The van der Waals surface area contributed by atoms with Crippen LogP contribution in [0.3, 0.4) is 0 Å². The number of benzene rings is 2. The van der Waals surface area contributed by atoms with Crippen LogP contribution >= 0.6 is 0 Å². The van der Waals surface area contributed by atoms with E-state index in [1.54, 1.807) is 30.3 Å². The Balaban J connectivity index is 1.95. The topological polar surface area (TPSA) is 76.7 Å². The van der Waals surface area contributed by atoms with Crippen molar-refractivity contribution in [2.45, 2.75) is 0 Å². The molecule has 6 nitrogen and oxygen atoms in total. The summed E-state index contributed by atoms with van der Waals surface area (Å²) in [5, 5.41) is 5.25. The van der Waals surface area contributed by atoms with Crippen LogP contribution < -0.4 is 20.1 Å². The lowest BCUT2D eigenvalue weighted by atomic mass is 10.2. The Morgan fingerprint density at radius 1 is 0.957 bits per heavy atom. The maximum atomic E-state index is 12.1. The van der Waals surface area contributed by atoms with Crippen molar-refractivity contribution in [2.24, 2.45) is 0 Å². The maximum absolute atomic E-state index is 12.1. The first-order valence-corrected chi connectivity index (χ1v) is 6.98. The number of carbonyl (C=O) groups excluding carboxylic acids is 2. The highest BCUT2D eigenvalue weighted by Gasteiger charge is 2.11. The third-order valence-corrected chi connectivity index (χ3v) is 3.08. The zero-order valence-corrected chi connectivity index (χ0v) is 13.0. The minimum atomic E-state index is -0.384. The number of amides is 2. The van der Waals surface area contributed by atoms with E-state index < -0.39 is 0 Å². The van der Waals surface area contributed by atoms with E-state index in [9.17, 15) is 9.59 Å². The molecule has 0 unspecified atom stereocenters. The lowest BCUT2D eigenvalue weighted by Crippen LogP contribution is -2.32. The van der Waals surface area contributed by atoms with Gasteiger partial charge in [0.1, 0.15) is 11.5 Å². The monoisotopic (exact) mass is 314 g/mol. The highest BCUT2D eigenvalue weighted by Crippen LogP contribution is 2.22. The molecule has 0 heterocycles. The van der Waals surface area contributed by atoms with Crippen LogP contribution in [0.15, 0.2) is 48.5 Å². The Labute approximate surface area is 134 Å². The number of anilines is 1. The summed E-state index contributed by atoms with van der Waals surface area (Å²) in [4.78, 5) is 24.0. The summed E-state index contributed by atoms with van der Waals surface area (Å²) in [5.74, 6) is 0.316. The van der Waals surface area contributed by atoms with E-state index in [0.29, 0.717) is 22.7 Å². The molecule has 6 heteroatoms. The number of para-hydroxylation sites is 1. The van der Waals surface area contributed by atoms with Gasteiger partial charge in [-0.1, -0.05) is 18.2 Å². The molecule has 23 heavy (non-hydrogen) atoms. The summed E-state index contributed by atoms with van der Waals surface area (Å²) < 4.78 is 10.2. The third-order valence-electron chi connectivity index (χ3n) is 3.08. The van der Waals surface area contributed by atoms with Crippen molar-refractivity contribution in [3.63, 3.8) is 0 Å². The Kier molecular flexibility index (Phi) is 5.57. The molecule has 0 atom stereocenters. The molecular formula is C17H18N2O4. The summed E-state index contributed by atoms with van der Waals surface area (Å²) in [6.07, 6.45) is 0. The lowest BCUT2D eigenvalue weighted by molar-refractivity contribution is -0.115. The zero-order valence-electron chi connectivity index (χ0n) is 13.0.